The average Bonchev–Trinajstić information content (AvgIpc) is 2.69. The summed E-state index contributed by atoms with van der Waals surface area (Å²) < 4.78 is 1.14. The van der Waals surface area contributed by atoms with Gasteiger partial charge < -0.3 is 5.32 Å². The maximum atomic E-state index is 11.6. The topological polar surface area (TPSA) is 29.1 Å². The minimum atomic E-state index is -0.0314. The fourth-order valence-electron chi connectivity index (χ4n) is 1.35. The van der Waals surface area contributed by atoms with Crippen LogP contribution in [0.25, 0.3) is 10.1 Å². The molecule has 0 bridgehead atoms. The molecule has 0 aliphatic heterocycles. The van der Waals surface area contributed by atoms with E-state index < -0.39 is 0 Å². The molecule has 76 valence electrons. The summed E-state index contributed by atoms with van der Waals surface area (Å²) in [6.07, 6.45) is 1.67. The highest BCUT2D eigenvalue weighted by atomic mass is 32.1. The molecule has 0 atom stereocenters. The number of thiophene rings is 1. The van der Waals surface area contributed by atoms with Gasteiger partial charge in [0.25, 0.3) is 5.91 Å². The van der Waals surface area contributed by atoms with Crippen LogP contribution >= 0.6 is 11.3 Å². The molecule has 0 aliphatic carbocycles. The third-order valence-corrected chi connectivity index (χ3v) is 3.17. The van der Waals surface area contributed by atoms with Crippen molar-refractivity contribution in [1.29, 1.82) is 0 Å². The van der Waals surface area contributed by atoms with Crippen LogP contribution < -0.4 is 5.32 Å². The summed E-state index contributed by atoms with van der Waals surface area (Å²) >= 11 is 1.51. The van der Waals surface area contributed by atoms with Crippen LogP contribution in [-0.4, -0.2) is 12.5 Å². The molecule has 0 fully saturated rings. The van der Waals surface area contributed by atoms with Gasteiger partial charge in [0, 0.05) is 11.2 Å². The number of carbonyl (C=O) groups is 1. The van der Waals surface area contributed by atoms with E-state index in [0.29, 0.717) is 6.54 Å². The second-order valence-electron chi connectivity index (χ2n) is 3.15. The summed E-state index contributed by atoms with van der Waals surface area (Å²) in [6.45, 7) is 4.06. The number of rotatable bonds is 3. The third kappa shape index (κ3) is 2.07. The Morgan fingerprint density at radius 2 is 2.27 bits per heavy atom. The Hall–Kier alpha value is -1.61. The monoisotopic (exact) mass is 217 g/mol. The first-order valence-electron chi connectivity index (χ1n) is 4.69. The summed E-state index contributed by atoms with van der Waals surface area (Å²) in [6, 6.07) is 9.89. The van der Waals surface area contributed by atoms with Crippen LogP contribution in [0.2, 0.25) is 0 Å². The summed E-state index contributed by atoms with van der Waals surface area (Å²) in [5, 5.41) is 3.88. The Labute approximate surface area is 92.2 Å². The van der Waals surface area contributed by atoms with E-state index in [0.717, 1.165) is 15.0 Å². The Morgan fingerprint density at radius 1 is 1.47 bits per heavy atom. The van der Waals surface area contributed by atoms with Crippen LogP contribution in [0, 0.1) is 0 Å². The molecule has 0 aliphatic rings. The molecule has 1 aromatic carbocycles. The lowest BCUT2D eigenvalue weighted by molar-refractivity contribution is 0.0962. The second kappa shape index (κ2) is 4.28. The number of amides is 1. The van der Waals surface area contributed by atoms with Gasteiger partial charge in [-0.15, -0.1) is 17.9 Å². The molecule has 3 heteroatoms. The van der Waals surface area contributed by atoms with Gasteiger partial charge in [-0.1, -0.05) is 24.3 Å². The summed E-state index contributed by atoms with van der Waals surface area (Å²) in [5.41, 5.74) is 0. The standard InChI is InChI=1S/C12H11NOS/c1-2-7-13-12(14)11-8-9-5-3-4-6-10(9)15-11/h2-6,8H,1,7H2,(H,13,14). The van der Waals surface area contributed by atoms with Crippen LogP contribution in [0.15, 0.2) is 43.0 Å². The van der Waals surface area contributed by atoms with E-state index in [1.165, 1.54) is 11.3 Å². The SMILES string of the molecule is C=CCNC(=O)c1cc2ccccc2s1. The van der Waals surface area contributed by atoms with Gasteiger partial charge >= 0.3 is 0 Å². The van der Waals surface area contributed by atoms with Gasteiger partial charge in [0.2, 0.25) is 0 Å². The fourth-order valence-corrected chi connectivity index (χ4v) is 2.32. The van der Waals surface area contributed by atoms with Crippen molar-refractivity contribution < 1.29 is 4.79 Å². The molecule has 0 unspecified atom stereocenters. The van der Waals surface area contributed by atoms with Crippen molar-refractivity contribution in [2.75, 3.05) is 6.54 Å². The first-order valence-corrected chi connectivity index (χ1v) is 5.50. The van der Waals surface area contributed by atoms with Gasteiger partial charge in [-0.2, -0.15) is 0 Å². The summed E-state index contributed by atoms with van der Waals surface area (Å²) in [4.78, 5) is 12.4. The first-order chi connectivity index (χ1) is 7.31. The third-order valence-electron chi connectivity index (χ3n) is 2.06. The summed E-state index contributed by atoms with van der Waals surface area (Å²) in [5.74, 6) is -0.0314. The number of hydrogen-bond acceptors (Lipinski definition) is 2. The van der Waals surface area contributed by atoms with Crippen LogP contribution in [-0.2, 0) is 0 Å². The molecule has 1 amide bonds. The smallest absolute Gasteiger partial charge is 0.261 e. The Morgan fingerprint density at radius 3 is 3.00 bits per heavy atom. The predicted octanol–water partition coefficient (Wildman–Crippen LogP) is 2.82. The lowest BCUT2D eigenvalue weighted by Gasteiger charge is -1.96. The van der Waals surface area contributed by atoms with E-state index in [9.17, 15) is 4.79 Å². The number of hydrogen-bond donors (Lipinski definition) is 1. The van der Waals surface area contributed by atoms with Gasteiger partial charge in [-0.25, -0.2) is 0 Å². The van der Waals surface area contributed by atoms with Crippen LogP contribution in [0.5, 0.6) is 0 Å². The molecule has 0 saturated carbocycles. The average molecular weight is 217 g/mol. The zero-order valence-electron chi connectivity index (χ0n) is 8.19. The van der Waals surface area contributed by atoms with Gasteiger partial charge in [0.1, 0.15) is 0 Å². The van der Waals surface area contributed by atoms with Crippen LogP contribution in [0.4, 0.5) is 0 Å². The molecule has 0 saturated heterocycles. The van der Waals surface area contributed by atoms with Gasteiger partial charge in [-0.3, -0.25) is 4.79 Å². The second-order valence-corrected chi connectivity index (χ2v) is 4.23. The molecule has 1 aromatic heterocycles. The quantitative estimate of drug-likeness (QED) is 0.787. The van der Waals surface area contributed by atoms with E-state index in [2.05, 4.69) is 11.9 Å². The van der Waals surface area contributed by atoms with Gasteiger partial charge in [0.05, 0.1) is 4.88 Å². The zero-order valence-corrected chi connectivity index (χ0v) is 9.01. The normalized spacial score (nSPS) is 10.1. The lowest BCUT2D eigenvalue weighted by atomic mass is 10.2. The number of nitrogens with one attached hydrogen (secondary N) is 1. The Bertz CT molecular complexity index is 468. The van der Waals surface area contributed by atoms with Crippen LogP contribution in [0.3, 0.4) is 0 Å². The Balaban J connectivity index is 2.28. The number of carbonyl (C=O) groups excluding carboxylic acids is 1. The molecule has 2 nitrogen and oxygen atoms in total. The highest BCUT2D eigenvalue weighted by Gasteiger charge is 2.08. The van der Waals surface area contributed by atoms with Gasteiger partial charge in [0.15, 0.2) is 0 Å². The first kappa shape index (κ1) is 9.93. The molecule has 0 radical (unpaired) electrons. The zero-order chi connectivity index (χ0) is 10.7. The molecular weight excluding hydrogens is 206 g/mol. The van der Waals surface area contributed by atoms with Crippen molar-refractivity contribution in [3.63, 3.8) is 0 Å². The van der Waals surface area contributed by atoms with Crippen molar-refractivity contribution in [2.45, 2.75) is 0 Å². The van der Waals surface area contributed by atoms with Crippen molar-refractivity contribution in [2.24, 2.45) is 0 Å². The van der Waals surface area contributed by atoms with Crippen molar-refractivity contribution in [3.8, 4) is 0 Å². The molecule has 2 aromatic rings. The molecule has 1 heterocycles. The highest BCUT2D eigenvalue weighted by Crippen LogP contribution is 2.24. The van der Waals surface area contributed by atoms with Crippen molar-refractivity contribution in [1.82, 2.24) is 5.32 Å². The maximum Gasteiger partial charge on any atom is 0.261 e. The lowest BCUT2D eigenvalue weighted by Crippen LogP contribution is -2.21. The van der Waals surface area contributed by atoms with E-state index in [1.807, 2.05) is 30.3 Å². The summed E-state index contributed by atoms with van der Waals surface area (Å²) in [7, 11) is 0. The van der Waals surface area contributed by atoms with Crippen LogP contribution in [0.1, 0.15) is 9.67 Å². The number of benzene rings is 1. The largest absolute Gasteiger partial charge is 0.348 e. The van der Waals surface area contributed by atoms with Crippen molar-refractivity contribution in [3.05, 3.63) is 47.9 Å². The number of fused-ring (bicyclic) bond motifs is 1. The van der Waals surface area contributed by atoms with E-state index >= 15 is 0 Å². The highest BCUT2D eigenvalue weighted by molar-refractivity contribution is 7.20. The molecular formula is C12H11NOS. The maximum absolute atomic E-state index is 11.6. The molecule has 1 N–H and O–H groups in total. The minimum Gasteiger partial charge on any atom is -0.348 e. The fraction of sp³-hybridized carbons (Fsp3) is 0.0833. The molecule has 0 spiro atoms. The Kier molecular flexibility index (Phi) is 2.83. The van der Waals surface area contributed by atoms with Crippen molar-refractivity contribution >= 4 is 27.3 Å². The predicted molar refractivity (Wildman–Crippen MR) is 64.4 cm³/mol. The molecule has 2 rings (SSSR count). The van der Waals surface area contributed by atoms with E-state index in [-0.39, 0.29) is 5.91 Å². The van der Waals surface area contributed by atoms with E-state index in [4.69, 9.17) is 0 Å². The molecule has 15 heavy (non-hydrogen) atoms. The van der Waals surface area contributed by atoms with E-state index in [1.54, 1.807) is 6.08 Å². The minimum absolute atomic E-state index is 0.0314. The van der Waals surface area contributed by atoms with Gasteiger partial charge in [-0.05, 0) is 17.5 Å².